The summed E-state index contributed by atoms with van der Waals surface area (Å²) in [5.74, 6) is -0.411. The summed E-state index contributed by atoms with van der Waals surface area (Å²) < 4.78 is 40.6. The molecule has 0 bridgehead atoms. The van der Waals surface area contributed by atoms with Gasteiger partial charge in [-0.1, -0.05) is 0 Å². The van der Waals surface area contributed by atoms with E-state index >= 15 is 0 Å². The molecule has 2 rings (SSSR count). The molecule has 112 valence electrons. The van der Waals surface area contributed by atoms with Crippen LogP contribution in [-0.2, 0) is 10.0 Å². The molecule has 0 radical (unpaired) electrons. The second-order valence-electron chi connectivity index (χ2n) is 5.04. The van der Waals surface area contributed by atoms with Crippen molar-refractivity contribution in [2.75, 3.05) is 10.5 Å². The van der Waals surface area contributed by atoms with E-state index in [-0.39, 0.29) is 4.90 Å². The van der Waals surface area contributed by atoms with Crippen molar-refractivity contribution in [2.45, 2.75) is 25.7 Å². The molecule has 0 saturated heterocycles. The van der Waals surface area contributed by atoms with Gasteiger partial charge in [0, 0.05) is 5.69 Å². The summed E-state index contributed by atoms with van der Waals surface area (Å²) in [7, 11) is -3.78. The van der Waals surface area contributed by atoms with Crippen molar-refractivity contribution < 1.29 is 12.8 Å². The molecule has 0 heterocycles. The Morgan fingerprint density at radius 3 is 2.38 bits per heavy atom. The molecule has 2 aromatic carbocycles. The average Bonchev–Trinajstić information content (AvgIpc) is 2.37. The SMILES string of the molecule is Cc1cc(N)c(C)c(S(=O)(=O)Nc2ccc(F)cc2C)c1. The number of rotatable bonds is 3. The number of anilines is 2. The lowest BCUT2D eigenvalue weighted by molar-refractivity contribution is 0.600. The molecule has 6 heteroatoms. The predicted octanol–water partition coefficient (Wildman–Crippen LogP) is 3.13. The summed E-state index contributed by atoms with van der Waals surface area (Å²) in [6.45, 7) is 5.07. The minimum Gasteiger partial charge on any atom is -0.398 e. The Labute approximate surface area is 123 Å². The molecule has 2 aromatic rings. The number of benzene rings is 2. The van der Waals surface area contributed by atoms with E-state index < -0.39 is 15.8 Å². The van der Waals surface area contributed by atoms with Gasteiger partial charge in [-0.05, 0) is 67.8 Å². The molecule has 0 aliphatic heterocycles. The second-order valence-corrected chi connectivity index (χ2v) is 6.69. The Balaban J connectivity index is 2.48. The van der Waals surface area contributed by atoms with Gasteiger partial charge in [-0.2, -0.15) is 0 Å². The van der Waals surface area contributed by atoms with Crippen molar-refractivity contribution in [3.05, 3.63) is 52.8 Å². The molecular weight excluding hydrogens is 291 g/mol. The van der Waals surface area contributed by atoms with Crippen LogP contribution in [0.2, 0.25) is 0 Å². The van der Waals surface area contributed by atoms with Gasteiger partial charge >= 0.3 is 0 Å². The molecule has 0 aromatic heterocycles. The molecule has 0 amide bonds. The van der Waals surface area contributed by atoms with Crippen LogP contribution in [0.15, 0.2) is 35.2 Å². The van der Waals surface area contributed by atoms with Crippen LogP contribution in [0.1, 0.15) is 16.7 Å². The molecule has 0 aliphatic carbocycles. The normalized spacial score (nSPS) is 11.4. The van der Waals surface area contributed by atoms with Gasteiger partial charge in [0.15, 0.2) is 0 Å². The van der Waals surface area contributed by atoms with Crippen LogP contribution in [0.4, 0.5) is 15.8 Å². The van der Waals surface area contributed by atoms with Crippen LogP contribution >= 0.6 is 0 Å². The number of hydrogen-bond donors (Lipinski definition) is 2. The van der Waals surface area contributed by atoms with Gasteiger partial charge < -0.3 is 5.73 Å². The second kappa shape index (κ2) is 5.37. The first-order valence-electron chi connectivity index (χ1n) is 6.36. The molecule has 0 unspecified atom stereocenters. The number of hydrogen-bond acceptors (Lipinski definition) is 3. The van der Waals surface area contributed by atoms with E-state index in [2.05, 4.69) is 4.72 Å². The largest absolute Gasteiger partial charge is 0.398 e. The molecule has 0 aliphatic rings. The maximum atomic E-state index is 13.1. The van der Waals surface area contributed by atoms with E-state index in [4.69, 9.17) is 5.73 Å². The van der Waals surface area contributed by atoms with E-state index in [1.54, 1.807) is 32.9 Å². The van der Waals surface area contributed by atoms with Crippen molar-refractivity contribution in [1.29, 1.82) is 0 Å². The lowest BCUT2D eigenvalue weighted by Crippen LogP contribution is -2.16. The maximum Gasteiger partial charge on any atom is 0.262 e. The minimum absolute atomic E-state index is 0.128. The van der Waals surface area contributed by atoms with Gasteiger partial charge in [0.25, 0.3) is 10.0 Å². The van der Waals surface area contributed by atoms with Crippen LogP contribution in [0.25, 0.3) is 0 Å². The zero-order chi connectivity index (χ0) is 15.8. The van der Waals surface area contributed by atoms with E-state index in [9.17, 15) is 12.8 Å². The Morgan fingerprint density at radius 1 is 1.10 bits per heavy atom. The molecule has 3 N–H and O–H groups in total. The first-order chi connectivity index (χ1) is 9.70. The zero-order valence-electron chi connectivity index (χ0n) is 12.1. The maximum absolute atomic E-state index is 13.1. The number of nitrogen functional groups attached to an aromatic ring is 1. The van der Waals surface area contributed by atoms with E-state index in [1.165, 1.54) is 18.2 Å². The van der Waals surface area contributed by atoms with Gasteiger partial charge in [-0.25, -0.2) is 12.8 Å². The molecule has 0 atom stereocenters. The van der Waals surface area contributed by atoms with E-state index in [0.29, 0.717) is 22.5 Å². The highest BCUT2D eigenvalue weighted by Crippen LogP contribution is 2.26. The van der Waals surface area contributed by atoms with Crippen LogP contribution in [0, 0.1) is 26.6 Å². The Morgan fingerprint density at radius 2 is 1.76 bits per heavy atom. The number of sulfonamides is 1. The van der Waals surface area contributed by atoms with Crippen molar-refractivity contribution in [2.24, 2.45) is 0 Å². The third-order valence-corrected chi connectivity index (χ3v) is 4.76. The smallest absolute Gasteiger partial charge is 0.262 e. The first kappa shape index (κ1) is 15.3. The number of halogens is 1. The highest BCUT2D eigenvalue weighted by molar-refractivity contribution is 7.92. The van der Waals surface area contributed by atoms with Gasteiger partial charge in [0.1, 0.15) is 5.82 Å². The van der Waals surface area contributed by atoms with Crippen molar-refractivity contribution in [3.8, 4) is 0 Å². The van der Waals surface area contributed by atoms with Crippen molar-refractivity contribution in [1.82, 2.24) is 0 Å². The molecule has 0 spiro atoms. The summed E-state index contributed by atoms with van der Waals surface area (Å²) in [5, 5.41) is 0. The van der Waals surface area contributed by atoms with E-state index in [1.807, 2.05) is 0 Å². The van der Waals surface area contributed by atoms with Crippen LogP contribution in [0.5, 0.6) is 0 Å². The molecule has 21 heavy (non-hydrogen) atoms. The minimum atomic E-state index is -3.78. The Bertz CT molecular complexity index is 802. The fourth-order valence-electron chi connectivity index (χ4n) is 2.07. The number of nitrogens with two attached hydrogens (primary N) is 1. The summed E-state index contributed by atoms with van der Waals surface area (Å²) in [4.78, 5) is 0.128. The van der Waals surface area contributed by atoms with Crippen molar-refractivity contribution >= 4 is 21.4 Å². The summed E-state index contributed by atoms with van der Waals surface area (Å²) >= 11 is 0. The lowest BCUT2D eigenvalue weighted by atomic mass is 10.1. The zero-order valence-corrected chi connectivity index (χ0v) is 12.9. The van der Waals surface area contributed by atoms with Crippen molar-refractivity contribution in [3.63, 3.8) is 0 Å². The lowest BCUT2D eigenvalue weighted by Gasteiger charge is -2.14. The third-order valence-electron chi connectivity index (χ3n) is 3.27. The highest BCUT2D eigenvalue weighted by atomic mass is 32.2. The first-order valence-corrected chi connectivity index (χ1v) is 7.85. The number of aryl methyl sites for hydroxylation is 2. The monoisotopic (exact) mass is 308 g/mol. The molecule has 4 nitrogen and oxygen atoms in total. The Kier molecular flexibility index (Phi) is 3.91. The topological polar surface area (TPSA) is 72.2 Å². The third kappa shape index (κ3) is 3.16. The van der Waals surface area contributed by atoms with Crippen LogP contribution in [0.3, 0.4) is 0 Å². The van der Waals surface area contributed by atoms with Crippen LogP contribution in [-0.4, -0.2) is 8.42 Å². The molecule has 0 saturated carbocycles. The van der Waals surface area contributed by atoms with E-state index in [0.717, 1.165) is 5.56 Å². The highest BCUT2D eigenvalue weighted by Gasteiger charge is 2.19. The molecule has 0 fully saturated rings. The quantitative estimate of drug-likeness (QED) is 0.856. The Hall–Kier alpha value is -2.08. The average molecular weight is 308 g/mol. The predicted molar refractivity (Wildman–Crippen MR) is 82.3 cm³/mol. The van der Waals surface area contributed by atoms with Gasteiger partial charge in [0.05, 0.1) is 10.6 Å². The van der Waals surface area contributed by atoms with Crippen LogP contribution < -0.4 is 10.5 Å². The summed E-state index contributed by atoms with van der Waals surface area (Å²) in [5.41, 5.74) is 8.35. The summed E-state index contributed by atoms with van der Waals surface area (Å²) in [6.07, 6.45) is 0. The summed E-state index contributed by atoms with van der Waals surface area (Å²) in [6, 6.07) is 7.17. The fourth-order valence-corrected chi connectivity index (χ4v) is 3.56. The standard InChI is InChI=1S/C15H17FN2O2S/c1-9-6-13(17)11(3)15(7-9)21(19,20)18-14-5-4-12(16)8-10(14)2/h4-8,18H,17H2,1-3H3. The van der Waals surface area contributed by atoms with Gasteiger partial charge in [0.2, 0.25) is 0 Å². The fraction of sp³-hybridized carbons (Fsp3) is 0.200. The van der Waals surface area contributed by atoms with Gasteiger partial charge in [-0.3, -0.25) is 4.72 Å². The molecular formula is C15H17FN2O2S. The number of nitrogens with one attached hydrogen (secondary N) is 1. The van der Waals surface area contributed by atoms with Gasteiger partial charge in [-0.15, -0.1) is 0 Å².